The molecule has 1 aromatic carbocycles. The van der Waals surface area contributed by atoms with E-state index in [-0.39, 0.29) is 12.8 Å². The summed E-state index contributed by atoms with van der Waals surface area (Å²) in [6.07, 6.45) is 0. The Morgan fingerprint density at radius 1 is 1.40 bits per heavy atom. The van der Waals surface area contributed by atoms with Crippen LogP contribution in [0, 0.1) is 0 Å². The molecule has 82 valence electrons. The molecule has 2 N–H and O–H groups in total. The maximum absolute atomic E-state index is 11.1. The van der Waals surface area contributed by atoms with Gasteiger partial charge < -0.3 is 15.4 Å². The summed E-state index contributed by atoms with van der Waals surface area (Å²) in [4.78, 5) is 11.1. The second-order valence-corrected chi connectivity index (χ2v) is 3.29. The maximum Gasteiger partial charge on any atom is 0.316 e. The minimum atomic E-state index is -0.281. The van der Waals surface area contributed by atoms with Crippen molar-refractivity contribution in [2.45, 2.75) is 6.54 Å². The summed E-state index contributed by atoms with van der Waals surface area (Å²) < 4.78 is 4.69. The van der Waals surface area contributed by atoms with Gasteiger partial charge in [-0.2, -0.15) is 0 Å². The number of halogens is 1. The number of rotatable bonds is 4. The lowest BCUT2D eigenvalue weighted by Gasteiger charge is -2.07. The van der Waals surface area contributed by atoms with Crippen molar-refractivity contribution in [3.05, 3.63) is 34.9 Å². The van der Waals surface area contributed by atoms with E-state index in [0.29, 0.717) is 11.6 Å². The minimum Gasteiger partial charge on any atom is -0.364 e. The second-order valence-electron chi connectivity index (χ2n) is 2.88. The molecule has 0 unspecified atom stereocenters. The van der Waals surface area contributed by atoms with Gasteiger partial charge in [0.1, 0.15) is 6.73 Å². The van der Waals surface area contributed by atoms with E-state index < -0.39 is 0 Å². The molecule has 5 heteroatoms. The number of hydrogen-bond acceptors (Lipinski definition) is 2. The molecule has 0 bridgehead atoms. The standard InChI is InChI=1S/C10H13ClN2O2/c1-15-7-13-10(14)12-6-8-4-2-3-5-9(8)11/h2-5H,6-7H2,1H3,(H2,12,13,14). The van der Waals surface area contributed by atoms with Crippen LogP contribution in [-0.2, 0) is 11.3 Å². The van der Waals surface area contributed by atoms with E-state index in [0.717, 1.165) is 5.56 Å². The lowest BCUT2D eigenvalue weighted by Crippen LogP contribution is -2.36. The van der Waals surface area contributed by atoms with Gasteiger partial charge in [0.05, 0.1) is 0 Å². The van der Waals surface area contributed by atoms with Crippen LogP contribution in [0.2, 0.25) is 5.02 Å². The van der Waals surface area contributed by atoms with Crippen molar-refractivity contribution < 1.29 is 9.53 Å². The van der Waals surface area contributed by atoms with Gasteiger partial charge in [-0.15, -0.1) is 0 Å². The Morgan fingerprint density at radius 3 is 2.80 bits per heavy atom. The Morgan fingerprint density at radius 2 is 2.13 bits per heavy atom. The Balaban J connectivity index is 2.37. The molecule has 0 aliphatic rings. The van der Waals surface area contributed by atoms with Gasteiger partial charge in [-0.3, -0.25) is 0 Å². The van der Waals surface area contributed by atoms with Gasteiger partial charge in [-0.25, -0.2) is 4.79 Å². The average molecular weight is 229 g/mol. The topological polar surface area (TPSA) is 50.4 Å². The number of urea groups is 1. The van der Waals surface area contributed by atoms with Crippen LogP contribution in [0.3, 0.4) is 0 Å². The summed E-state index contributed by atoms with van der Waals surface area (Å²) in [7, 11) is 1.51. The van der Waals surface area contributed by atoms with E-state index in [1.807, 2.05) is 18.2 Å². The van der Waals surface area contributed by atoms with Crippen molar-refractivity contribution in [3.63, 3.8) is 0 Å². The predicted octanol–water partition coefficient (Wildman–Crippen LogP) is 1.74. The van der Waals surface area contributed by atoms with E-state index in [4.69, 9.17) is 16.3 Å². The number of nitrogens with one attached hydrogen (secondary N) is 2. The molecule has 0 aliphatic heterocycles. The smallest absolute Gasteiger partial charge is 0.316 e. The van der Waals surface area contributed by atoms with Gasteiger partial charge in [0.25, 0.3) is 0 Å². The Bertz CT molecular complexity index is 331. The van der Waals surface area contributed by atoms with Crippen molar-refractivity contribution in [1.29, 1.82) is 0 Å². The molecule has 1 rings (SSSR count). The molecule has 4 nitrogen and oxygen atoms in total. The minimum absolute atomic E-state index is 0.189. The number of methoxy groups -OCH3 is 1. The SMILES string of the molecule is COCNC(=O)NCc1ccccc1Cl. The first-order chi connectivity index (χ1) is 7.24. The Labute approximate surface area is 93.6 Å². The molecule has 0 radical (unpaired) electrons. The number of carbonyl (C=O) groups is 1. The molecule has 0 heterocycles. The Hall–Kier alpha value is -1.26. The van der Waals surface area contributed by atoms with Crippen molar-refractivity contribution in [1.82, 2.24) is 10.6 Å². The average Bonchev–Trinajstić information content (AvgIpc) is 2.25. The van der Waals surface area contributed by atoms with Crippen LogP contribution < -0.4 is 10.6 Å². The first-order valence-corrected chi connectivity index (χ1v) is 4.86. The van der Waals surface area contributed by atoms with Gasteiger partial charge in [-0.05, 0) is 11.6 Å². The van der Waals surface area contributed by atoms with E-state index in [1.165, 1.54) is 7.11 Å². The highest BCUT2D eigenvalue weighted by Gasteiger charge is 2.01. The van der Waals surface area contributed by atoms with Crippen LogP contribution in [-0.4, -0.2) is 19.9 Å². The van der Waals surface area contributed by atoms with Crippen LogP contribution in [0.15, 0.2) is 24.3 Å². The molecule has 2 amide bonds. The molecular weight excluding hydrogens is 216 g/mol. The van der Waals surface area contributed by atoms with Gasteiger partial charge in [0.2, 0.25) is 0 Å². The highest BCUT2D eigenvalue weighted by atomic mass is 35.5. The zero-order valence-corrected chi connectivity index (χ0v) is 9.17. The molecule has 0 saturated heterocycles. The first-order valence-electron chi connectivity index (χ1n) is 4.48. The lowest BCUT2D eigenvalue weighted by molar-refractivity contribution is 0.172. The highest BCUT2D eigenvalue weighted by Crippen LogP contribution is 2.13. The molecule has 1 aromatic rings. The third-order valence-electron chi connectivity index (χ3n) is 1.77. The van der Waals surface area contributed by atoms with Gasteiger partial charge in [0, 0.05) is 18.7 Å². The van der Waals surface area contributed by atoms with Gasteiger partial charge in [-0.1, -0.05) is 29.8 Å². The van der Waals surface area contributed by atoms with Crippen molar-refractivity contribution >= 4 is 17.6 Å². The van der Waals surface area contributed by atoms with Crippen molar-refractivity contribution in [3.8, 4) is 0 Å². The quantitative estimate of drug-likeness (QED) is 0.772. The maximum atomic E-state index is 11.1. The fourth-order valence-corrected chi connectivity index (χ4v) is 1.22. The molecule has 15 heavy (non-hydrogen) atoms. The summed E-state index contributed by atoms with van der Waals surface area (Å²) >= 11 is 5.92. The largest absolute Gasteiger partial charge is 0.364 e. The number of amides is 2. The normalized spacial score (nSPS) is 9.73. The van der Waals surface area contributed by atoms with Crippen molar-refractivity contribution in [2.75, 3.05) is 13.8 Å². The lowest BCUT2D eigenvalue weighted by atomic mass is 10.2. The zero-order valence-electron chi connectivity index (χ0n) is 8.42. The molecule has 0 spiro atoms. The highest BCUT2D eigenvalue weighted by molar-refractivity contribution is 6.31. The second kappa shape index (κ2) is 6.27. The van der Waals surface area contributed by atoms with Crippen molar-refractivity contribution in [2.24, 2.45) is 0 Å². The fraction of sp³-hybridized carbons (Fsp3) is 0.300. The number of carbonyl (C=O) groups excluding carboxylic acids is 1. The van der Waals surface area contributed by atoms with Crippen LogP contribution in [0.1, 0.15) is 5.56 Å². The van der Waals surface area contributed by atoms with Crippen LogP contribution in [0.25, 0.3) is 0 Å². The summed E-state index contributed by atoms with van der Waals surface area (Å²) in [5.41, 5.74) is 0.881. The zero-order chi connectivity index (χ0) is 11.1. The molecule has 0 atom stereocenters. The van der Waals surface area contributed by atoms with E-state index in [2.05, 4.69) is 10.6 Å². The summed E-state index contributed by atoms with van der Waals surface area (Å²) in [6, 6.07) is 7.08. The predicted molar refractivity (Wildman–Crippen MR) is 58.7 cm³/mol. The van der Waals surface area contributed by atoms with Gasteiger partial charge in [0.15, 0.2) is 0 Å². The first kappa shape index (κ1) is 11.8. The molecular formula is C10H13ClN2O2. The number of benzene rings is 1. The molecule has 0 aliphatic carbocycles. The fourth-order valence-electron chi connectivity index (χ4n) is 1.02. The van der Waals surface area contributed by atoms with E-state index in [9.17, 15) is 4.79 Å². The third-order valence-corrected chi connectivity index (χ3v) is 2.14. The van der Waals surface area contributed by atoms with Crippen LogP contribution >= 0.6 is 11.6 Å². The molecule has 0 fully saturated rings. The summed E-state index contributed by atoms with van der Waals surface area (Å²) in [5, 5.41) is 5.81. The summed E-state index contributed by atoms with van der Waals surface area (Å²) in [6.45, 7) is 0.587. The number of hydrogen-bond donors (Lipinski definition) is 2. The van der Waals surface area contributed by atoms with E-state index >= 15 is 0 Å². The van der Waals surface area contributed by atoms with E-state index in [1.54, 1.807) is 6.07 Å². The Kier molecular flexibility index (Phi) is 4.93. The molecule has 0 saturated carbocycles. The van der Waals surface area contributed by atoms with Crippen LogP contribution in [0.5, 0.6) is 0 Å². The molecule has 0 aromatic heterocycles. The monoisotopic (exact) mass is 228 g/mol. The third kappa shape index (κ3) is 4.18. The van der Waals surface area contributed by atoms with Crippen LogP contribution in [0.4, 0.5) is 4.79 Å². The number of ether oxygens (including phenoxy) is 1. The van der Waals surface area contributed by atoms with Gasteiger partial charge >= 0.3 is 6.03 Å². The summed E-state index contributed by atoms with van der Waals surface area (Å²) in [5.74, 6) is 0.